The maximum Gasteiger partial charge on any atom is 0.339 e. The van der Waals surface area contributed by atoms with E-state index in [-0.39, 0.29) is 0 Å². The topological polar surface area (TPSA) is 58.1 Å². The van der Waals surface area contributed by atoms with Crippen LogP contribution in [-0.4, -0.2) is 14.1 Å². The molecule has 0 saturated heterocycles. The number of hydrogen-bond donors (Lipinski definition) is 0. The van der Waals surface area contributed by atoms with Crippen LogP contribution in [0.4, 0.5) is 5.69 Å². The first-order valence-corrected chi connectivity index (χ1v) is 5.01. The van der Waals surface area contributed by atoms with E-state index in [0.717, 1.165) is 11.3 Å². The molecular weight excluding hydrogens is 218 g/mol. The van der Waals surface area contributed by atoms with Crippen LogP contribution in [0.1, 0.15) is 22.3 Å². The highest BCUT2D eigenvalue weighted by Crippen LogP contribution is 2.27. The number of hydrogen-bond acceptors (Lipinski definition) is 3. The molecule has 1 aromatic carbocycles. The third-order valence-corrected chi connectivity index (χ3v) is 2.55. The highest BCUT2D eigenvalue weighted by molar-refractivity contribution is 5.68. The predicted octanol–water partition coefficient (Wildman–Crippen LogP) is 2.73. The van der Waals surface area contributed by atoms with Gasteiger partial charge in [0.15, 0.2) is 0 Å². The smallest absolute Gasteiger partial charge is 0.339 e. The number of rotatable bonds is 1. The summed E-state index contributed by atoms with van der Waals surface area (Å²) < 4.78 is 0. The van der Waals surface area contributed by atoms with E-state index in [2.05, 4.69) is 22.2 Å². The molecule has 0 aliphatic carbocycles. The Balaban J connectivity index is 3.65. The lowest BCUT2D eigenvalue weighted by atomic mass is 9.97. The van der Waals surface area contributed by atoms with Gasteiger partial charge in [0.2, 0.25) is 0 Å². The second kappa shape index (κ2) is 5.09. The summed E-state index contributed by atoms with van der Waals surface area (Å²) in [4.78, 5) is 1.85. The summed E-state index contributed by atoms with van der Waals surface area (Å²) in [5.41, 5.74) is 3.53. The molecule has 5 heteroatoms. The van der Waals surface area contributed by atoms with Crippen LogP contribution in [0.25, 0.3) is 10.0 Å². The van der Waals surface area contributed by atoms with Gasteiger partial charge in [-0.25, -0.2) is 0 Å². The maximum absolute atomic E-state index is 10.4. The molecule has 0 spiro atoms. The molecule has 1 aromatic rings. The number of anilines is 1. The molecule has 88 valence electrons. The van der Waals surface area contributed by atoms with E-state index in [4.69, 9.17) is 0 Å². The monoisotopic (exact) mass is 231 g/mol. The second-order valence-corrected chi connectivity index (χ2v) is 3.89. The molecule has 0 aliphatic heterocycles. The van der Waals surface area contributed by atoms with Gasteiger partial charge in [0.1, 0.15) is 11.1 Å². The Morgan fingerprint density at radius 1 is 1.06 bits per heavy atom. The van der Waals surface area contributed by atoms with Crippen LogP contribution < -0.4 is 4.90 Å². The van der Waals surface area contributed by atoms with Crippen molar-refractivity contribution >= 4 is 5.69 Å². The SMILES string of the molecule is Cc1cc(N(C)C)c(C#[N+][O-])c(C)c1C#[N+][O-]. The quantitative estimate of drug-likeness (QED) is 0.698. The molecule has 0 saturated carbocycles. The van der Waals surface area contributed by atoms with Crippen molar-refractivity contribution in [2.24, 2.45) is 0 Å². The van der Waals surface area contributed by atoms with E-state index in [9.17, 15) is 10.4 Å². The molecule has 0 N–H and O–H groups in total. The Morgan fingerprint density at radius 3 is 2.06 bits per heavy atom. The van der Waals surface area contributed by atoms with Gasteiger partial charge >= 0.3 is 12.1 Å². The highest BCUT2D eigenvalue weighted by atomic mass is 16.4. The third kappa shape index (κ3) is 2.40. The fourth-order valence-corrected chi connectivity index (χ4v) is 1.72. The summed E-state index contributed by atoms with van der Waals surface area (Å²) in [6, 6.07) is 6.61. The lowest BCUT2D eigenvalue weighted by Gasteiger charge is -2.16. The van der Waals surface area contributed by atoms with Gasteiger partial charge < -0.3 is 15.3 Å². The zero-order valence-corrected chi connectivity index (χ0v) is 10.2. The van der Waals surface area contributed by atoms with Crippen molar-refractivity contribution < 1.29 is 0 Å². The molecule has 0 unspecified atom stereocenters. The van der Waals surface area contributed by atoms with Crippen LogP contribution in [0.15, 0.2) is 6.07 Å². The standard InChI is InChI=1S/C12H13N3O2/c1-8-5-12(15(3)4)11(7-14-17)9(2)10(8)6-13-16/h5H,1-4H3. The van der Waals surface area contributed by atoms with E-state index in [1.54, 1.807) is 6.92 Å². The maximum atomic E-state index is 10.4. The first-order chi connectivity index (χ1) is 8.02. The second-order valence-electron chi connectivity index (χ2n) is 3.89. The van der Waals surface area contributed by atoms with Crippen molar-refractivity contribution in [1.29, 1.82) is 0 Å². The van der Waals surface area contributed by atoms with Crippen molar-refractivity contribution in [2.75, 3.05) is 19.0 Å². The van der Waals surface area contributed by atoms with Gasteiger partial charge in [-0.15, -0.1) is 0 Å². The van der Waals surface area contributed by atoms with Gasteiger partial charge in [0, 0.05) is 24.1 Å². The van der Waals surface area contributed by atoms with E-state index in [0.29, 0.717) is 16.7 Å². The zero-order valence-electron chi connectivity index (χ0n) is 10.2. The molecule has 5 nitrogen and oxygen atoms in total. The summed E-state index contributed by atoms with van der Waals surface area (Å²) in [7, 11) is 3.71. The zero-order chi connectivity index (χ0) is 13.0. The Kier molecular flexibility index (Phi) is 3.79. The van der Waals surface area contributed by atoms with Gasteiger partial charge in [0.05, 0.1) is 5.69 Å². The van der Waals surface area contributed by atoms with Gasteiger partial charge in [-0.3, -0.25) is 0 Å². The number of benzene rings is 1. The largest absolute Gasteiger partial charge is 0.498 e. The summed E-state index contributed by atoms with van der Waals surface area (Å²) in [5, 5.41) is 26.0. The fourth-order valence-electron chi connectivity index (χ4n) is 1.72. The van der Waals surface area contributed by atoms with Crippen LogP contribution in [0.2, 0.25) is 0 Å². The molecule has 0 heterocycles. The van der Waals surface area contributed by atoms with Crippen LogP contribution >= 0.6 is 0 Å². The first-order valence-electron chi connectivity index (χ1n) is 5.01. The average Bonchev–Trinajstić information content (AvgIpc) is 2.27. The van der Waals surface area contributed by atoms with Crippen molar-refractivity contribution in [3.8, 4) is 12.1 Å². The number of nitrogens with zero attached hydrogens (tertiary/aromatic N) is 3. The van der Waals surface area contributed by atoms with Crippen LogP contribution in [0.3, 0.4) is 0 Å². The Bertz CT molecular complexity index is 557. The van der Waals surface area contributed by atoms with Gasteiger partial charge in [-0.1, -0.05) is 0 Å². The minimum atomic E-state index is 0.557. The number of aryl methyl sites for hydroxylation is 1. The lowest BCUT2D eigenvalue weighted by Crippen LogP contribution is -2.12. The fraction of sp³-hybridized carbons (Fsp3) is 0.333. The van der Waals surface area contributed by atoms with Gasteiger partial charge in [0.25, 0.3) is 0 Å². The molecule has 0 radical (unpaired) electrons. The van der Waals surface area contributed by atoms with Crippen LogP contribution in [-0.2, 0) is 0 Å². The van der Waals surface area contributed by atoms with Crippen molar-refractivity contribution in [3.05, 3.63) is 48.8 Å². The molecule has 1 rings (SSSR count). The summed E-state index contributed by atoms with van der Waals surface area (Å²) in [5.74, 6) is 0. The normalized spacial score (nSPS) is 8.71. The lowest BCUT2D eigenvalue weighted by molar-refractivity contribution is 1.11. The van der Waals surface area contributed by atoms with E-state index in [1.165, 1.54) is 0 Å². The predicted molar refractivity (Wildman–Crippen MR) is 69.7 cm³/mol. The van der Waals surface area contributed by atoms with Gasteiger partial charge in [-0.2, -0.15) is 0 Å². The van der Waals surface area contributed by atoms with Crippen LogP contribution in [0, 0.1) is 36.4 Å². The van der Waals surface area contributed by atoms with E-state index >= 15 is 0 Å². The minimum Gasteiger partial charge on any atom is -0.498 e. The molecule has 0 amide bonds. The highest BCUT2D eigenvalue weighted by Gasteiger charge is 2.18. The molecular formula is C12H13N3O2. The van der Waals surface area contributed by atoms with E-state index < -0.39 is 0 Å². The molecule has 17 heavy (non-hydrogen) atoms. The first kappa shape index (κ1) is 12.7. The molecule has 0 bridgehead atoms. The van der Waals surface area contributed by atoms with Crippen LogP contribution in [0.5, 0.6) is 0 Å². The molecule has 0 fully saturated rings. The Labute approximate surface area is 100 Å². The summed E-state index contributed by atoms with van der Waals surface area (Å²) in [6.07, 6.45) is 0. The minimum absolute atomic E-state index is 0.557. The van der Waals surface area contributed by atoms with Crippen molar-refractivity contribution in [2.45, 2.75) is 13.8 Å². The molecule has 0 aromatic heterocycles. The van der Waals surface area contributed by atoms with Crippen molar-refractivity contribution in [3.63, 3.8) is 0 Å². The van der Waals surface area contributed by atoms with E-state index in [1.807, 2.05) is 32.0 Å². The molecule has 0 aliphatic rings. The molecule has 0 atom stereocenters. The van der Waals surface area contributed by atoms with Gasteiger partial charge in [-0.05, 0) is 31.0 Å². The average molecular weight is 231 g/mol. The Hall–Kier alpha value is -2.40. The summed E-state index contributed by atoms with van der Waals surface area (Å²) >= 11 is 0. The summed E-state index contributed by atoms with van der Waals surface area (Å²) in [6.45, 7) is 3.63. The Morgan fingerprint density at radius 2 is 1.59 bits per heavy atom. The van der Waals surface area contributed by atoms with Crippen molar-refractivity contribution in [1.82, 2.24) is 0 Å². The third-order valence-electron chi connectivity index (χ3n) is 2.55.